The Morgan fingerprint density at radius 1 is 1.23 bits per heavy atom. The van der Waals surface area contributed by atoms with Crippen LogP contribution in [0.1, 0.15) is 48.2 Å². The van der Waals surface area contributed by atoms with Gasteiger partial charge in [-0.25, -0.2) is 9.78 Å². The van der Waals surface area contributed by atoms with Crippen LogP contribution < -0.4 is 10.1 Å². The number of benzene rings is 1. The number of aromatic nitrogens is 1. The highest BCUT2D eigenvalue weighted by Gasteiger charge is 2.35. The van der Waals surface area contributed by atoms with E-state index in [-0.39, 0.29) is 35.9 Å². The van der Waals surface area contributed by atoms with E-state index in [2.05, 4.69) is 10.3 Å². The topological polar surface area (TPSA) is 109 Å². The van der Waals surface area contributed by atoms with E-state index >= 15 is 0 Å². The number of rotatable bonds is 6. The van der Waals surface area contributed by atoms with E-state index in [1.54, 1.807) is 24.0 Å². The Balaban J connectivity index is 1.51. The maximum Gasteiger partial charge on any atom is 0.354 e. The average Bonchev–Trinajstić information content (AvgIpc) is 3.19. The van der Waals surface area contributed by atoms with Crippen LogP contribution in [0.2, 0.25) is 5.02 Å². The SMILES string of the molecule is Cc1cc2nc(C(=O)O)cc(OCC(=O)N3CCCC3C(=O)NC3CCC3)c2cc1Cl. The molecule has 2 aliphatic rings. The van der Waals surface area contributed by atoms with Crippen LogP contribution in [0.5, 0.6) is 5.75 Å². The molecule has 1 saturated heterocycles. The summed E-state index contributed by atoms with van der Waals surface area (Å²) in [6, 6.07) is 4.34. The van der Waals surface area contributed by atoms with Gasteiger partial charge in [0.15, 0.2) is 12.3 Å². The van der Waals surface area contributed by atoms with E-state index in [9.17, 15) is 19.5 Å². The fourth-order valence-corrected chi connectivity index (χ4v) is 4.12. The van der Waals surface area contributed by atoms with Crippen LogP contribution in [0.3, 0.4) is 0 Å². The number of hydrogen-bond acceptors (Lipinski definition) is 5. The predicted octanol–water partition coefficient (Wildman–Crippen LogP) is 2.93. The van der Waals surface area contributed by atoms with E-state index in [1.807, 2.05) is 0 Å². The summed E-state index contributed by atoms with van der Waals surface area (Å²) in [4.78, 5) is 42.6. The van der Waals surface area contributed by atoms with E-state index in [4.69, 9.17) is 16.3 Å². The zero-order chi connectivity index (χ0) is 22.1. The maximum absolute atomic E-state index is 12.8. The third-order valence-electron chi connectivity index (χ3n) is 5.95. The number of likely N-dealkylation sites (tertiary alicyclic amines) is 1. The monoisotopic (exact) mass is 445 g/mol. The van der Waals surface area contributed by atoms with Crippen molar-refractivity contribution in [2.24, 2.45) is 0 Å². The average molecular weight is 446 g/mol. The van der Waals surface area contributed by atoms with Gasteiger partial charge in [-0.1, -0.05) is 11.6 Å². The predicted molar refractivity (Wildman–Crippen MR) is 114 cm³/mol. The smallest absolute Gasteiger partial charge is 0.354 e. The van der Waals surface area contributed by atoms with Gasteiger partial charge in [-0.15, -0.1) is 0 Å². The number of amides is 2. The molecule has 1 aliphatic carbocycles. The molecule has 2 amide bonds. The van der Waals surface area contributed by atoms with Gasteiger partial charge in [-0.05, 0) is 56.7 Å². The first-order valence-electron chi connectivity index (χ1n) is 10.4. The number of carboxylic acids is 1. The number of carboxylic acid groups (broad SMARTS) is 1. The Hall–Kier alpha value is -2.87. The van der Waals surface area contributed by atoms with Crippen molar-refractivity contribution in [3.05, 3.63) is 34.5 Å². The van der Waals surface area contributed by atoms with Crippen molar-refractivity contribution in [3.63, 3.8) is 0 Å². The fraction of sp³-hybridized carbons (Fsp3) is 0.455. The second-order valence-electron chi connectivity index (χ2n) is 8.10. The van der Waals surface area contributed by atoms with E-state index in [0.717, 1.165) is 31.2 Å². The molecule has 31 heavy (non-hydrogen) atoms. The highest BCUT2D eigenvalue weighted by atomic mass is 35.5. The van der Waals surface area contributed by atoms with Gasteiger partial charge in [0.2, 0.25) is 5.91 Å². The van der Waals surface area contributed by atoms with Crippen LogP contribution in [0.4, 0.5) is 0 Å². The summed E-state index contributed by atoms with van der Waals surface area (Å²) in [5.41, 5.74) is 0.988. The zero-order valence-corrected chi connectivity index (χ0v) is 17.9. The van der Waals surface area contributed by atoms with Gasteiger partial charge in [0.05, 0.1) is 5.52 Å². The molecule has 1 atom stereocenters. The van der Waals surface area contributed by atoms with E-state index in [0.29, 0.717) is 28.9 Å². The number of carbonyl (C=O) groups is 3. The fourth-order valence-electron chi connectivity index (χ4n) is 3.96. The number of fused-ring (bicyclic) bond motifs is 1. The summed E-state index contributed by atoms with van der Waals surface area (Å²) in [6.07, 6.45) is 4.47. The van der Waals surface area contributed by atoms with Gasteiger partial charge in [0, 0.05) is 29.1 Å². The number of nitrogens with zero attached hydrogens (tertiary/aromatic N) is 2. The lowest BCUT2D eigenvalue weighted by atomic mass is 9.93. The molecule has 2 aromatic rings. The quantitative estimate of drug-likeness (QED) is 0.707. The number of pyridine rings is 1. The molecule has 1 saturated carbocycles. The molecule has 2 heterocycles. The minimum absolute atomic E-state index is 0.111. The molecule has 1 unspecified atom stereocenters. The van der Waals surface area contributed by atoms with Crippen molar-refractivity contribution in [1.82, 2.24) is 15.2 Å². The Morgan fingerprint density at radius 3 is 2.68 bits per heavy atom. The molecule has 2 fully saturated rings. The third-order valence-corrected chi connectivity index (χ3v) is 6.36. The number of hydrogen-bond donors (Lipinski definition) is 2. The molecular formula is C22H24ClN3O5. The van der Waals surface area contributed by atoms with Crippen LogP contribution >= 0.6 is 11.6 Å². The molecule has 0 radical (unpaired) electrons. The number of nitrogens with one attached hydrogen (secondary N) is 1. The molecule has 9 heteroatoms. The van der Waals surface area contributed by atoms with Crippen molar-refractivity contribution < 1.29 is 24.2 Å². The normalized spacial score (nSPS) is 18.6. The maximum atomic E-state index is 12.8. The summed E-state index contributed by atoms with van der Waals surface area (Å²) >= 11 is 6.22. The molecule has 1 aromatic heterocycles. The van der Waals surface area contributed by atoms with Gasteiger partial charge < -0.3 is 20.1 Å². The highest BCUT2D eigenvalue weighted by Crippen LogP contribution is 2.31. The summed E-state index contributed by atoms with van der Waals surface area (Å²) in [5, 5.41) is 13.4. The number of aromatic carboxylic acids is 1. The molecule has 164 valence electrons. The second kappa shape index (κ2) is 8.70. The van der Waals surface area contributed by atoms with E-state index in [1.165, 1.54) is 6.07 Å². The Morgan fingerprint density at radius 2 is 2.00 bits per heavy atom. The molecule has 0 spiro atoms. The third kappa shape index (κ3) is 4.44. The van der Waals surface area contributed by atoms with Crippen LogP contribution in [-0.4, -0.2) is 58.0 Å². The Labute approximate surface area is 184 Å². The minimum atomic E-state index is -1.20. The van der Waals surface area contributed by atoms with Gasteiger partial charge >= 0.3 is 5.97 Å². The molecule has 0 bridgehead atoms. The van der Waals surface area contributed by atoms with E-state index < -0.39 is 12.0 Å². The minimum Gasteiger partial charge on any atom is -0.483 e. The van der Waals surface area contributed by atoms with Crippen molar-refractivity contribution in [3.8, 4) is 5.75 Å². The van der Waals surface area contributed by atoms with Crippen LogP contribution in [0, 0.1) is 6.92 Å². The van der Waals surface area contributed by atoms with Crippen molar-refractivity contribution in [1.29, 1.82) is 0 Å². The lowest BCUT2D eigenvalue weighted by Gasteiger charge is -2.30. The number of halogens is 1. The molecule has 1 aliphatic heterocycles. The lowest BCUT2D eigenvalue weighted by Crippen LogP contribution is -2.51. The molecule has 4 rings (SSSR count). The summed E-state index contributed by atoms with van der Waals surface area (Å²) in [7, 11) is 0. The first kappa shape index (κ1) is 21.4. The first-order chi connectivity index (χ1) is 14.8. The number of aryl methyl sites for hydroxylation is 1. The van der Waals surface area contributed by atoms with Gasteiger partial charge in [-0.3, -0.25) is 9.59 Å². The first-order valence-corrected chi connectivity index (χ1v) is 10.8. The molecule has 8 nitrogen and oxygen atoms in total. The molecular weight excluding hydrogens is 422 g/mol. The summed E-state index contributed by atoms with van der Waals surface area (Å²) in [5.74, 6) is -1.41. The molecule has 2 N–H and O–H groups in total. The lowest BCUT2D eigenvalue weighted by molar-refractivity contribution is -0.140. The Kier molecular flexibility index (Phi) is 6.00. The largest absolute Gasteiger partial charge is 0.483 e. The summed E-state index contributed by atoms with van der Waals surface area (Å²) < 4.78 is 5.74. The zero-order valence-electron chi connectivity index (χ0n) is 17.2. The van der Waals surface area contributed by atoms with Crippen molar-refractivity contribution >= 4 is 40.3 Å². The van der Waals surface area contributed by atoms with Gasteiger partial charge in [0.25, 0.3) is 5.91 Å². The van der Waals surface area contributed by atoms with Crippen molar-refractivity contribution in [2.75, 3.05) is 13.2 Å². The second-order valence-corrected chi connectivity index (χ2v) is 8.51. The summed E-state index contributed by atoms with van der Waals surface area (Å²) in [6.45, 7) is 1.98. The van der Waals surface area contributed by atoms with Crippen LogP contribution in [0.15, 0.2) is 18.2 Å². The number of ether oxygens (including phenoxy) is 1. The van der Waals surface area contributed by atoms with Crippen molar-refractivity contribution in [2.45, 2.75) is 51.1 Å². The molecule has 1 aromatic carbocycles. The van der Waals surface area contributed by atoms with Gasteiger partial charge in [0.1, 0.15) is 11.8 Å². The van der Waals surface area contributed by atoms with Crippen LogP contribution in [0.25, 0.3) is 10.9 Å². The highest BCUT2D eigenvalue weighted by molar-refractivity contribution is 6.32. The van der Waals surface area contributed by atoms with Gasteiger partial charge in [-0.2, -0.15) is 0 Å². The number of carbonyl (C=O) groups excluding carboxylic acids is 2. The van der Waals surface area contributed by atoms with Crippen LogP contribution in [-0.2, 0) is 9.59 Å². The Bertz CT molecular complexity index is 1050. The standard InChI is InChI=1S/C22H24ClN3O5/c1-12-8-16-14(9-15(12)23)19(10-17(25-16)22(29)30)31-11-20(27)26-7-3-6-18(26)21(28)24-13-4-2-5-13/h8-10,13,18H,2-7,11H2,1H3,(H,24,28)(H,29,30).